The Labute approximate surface area is 172 Å². The predicted octanol–water partition coefficient (Wildman–Crippen LogP) is 2.60. The van der Waals surface area contributed by atoms with Gasteiger partial charge in [0.05, 0.1) is 7.11 Å². The first kappa shape index (κ1) is 20.8. The van der Waals surface area contributed by atoms with E-state index in [1.165, 1.54) is 0 Å². The molecule has 9 heteroatoms. The van der Waals surface area contributed by atoms with E-state index in [0.29, 0.717) is 29.3 Å². The topological polar surface area (TPSA) is 131 Å². The molecule has 1 aromatic carbocycles. The average molecular weight is 408 g/mol. The Balaban J connectivity index is 1.58. The highest BCUT2D eigenvalue weighted by Crippen LogP contribution is 2.20. The molecule has 0 aliphatic carbocycles. The number of H-pyrrole nitrogens is 1. The molecule has 0 amide bonds. The van der Waals surface area contributed by atoms with Crippen molar-refractivity contribution in [3.63, 3.8) is 0 Å². The maximum Gasteiger partial charge on any atom is 0.306 e. The molecule has 2 heterocycles. The van der Waals surface area contributed by atoms with Crippen molar-refractivity contribution in [2.75, 3.05) is 7.11 Å². The van der Waals surface area contributed by atoms with Crippen molar-refractivity contribution >= 4 is 5.97 Å². The summed E-state index contributed by atoms with van der Waals surface area (Å²) in [5, 5.41) is 13.0. The molecule has 0 atom stereocenters. The molecule has 0 saturated carbocycles. The summed E-state index contributed by atoms with van der Waals surface area (Å²) in [5.74, 6) is 0.818. The molecule has 0 saturated heterocycles. The van der Waals surface area contributed by atoms with Crippen molar-refractivity contribution < 1.29 is 18.8 Å². The Morgan fingerprint density at radius 3 is 2.67 bits per heavy atom. The van der Waals surface area contributed by atoms with Gasteiger partial charge in [-0.05, 0) is 55.7 Å². The third-order valence-corrected chi connectivity index (χ3v) is 4.67. The molecule has 3 rings (SSSR count). The van der Waals surface area contributed by atoms with E-state index in [9.17, 15) is 9.59 Å². The molecule has 0 spiro atoms. The number of aryl methyl sites for hydroxylation is 1. The van der Waals surface area contributed by atoms with E-state index in [0.717, 1.165) is 11.1 Å². The zero-order valence-corrected chi connectivity index (χ0v) is 16.8. The Morgan fingerprint density at radius 1 is 1.27 bits per heavy atom. The highest BCUT2D eigenvalue weighted by atomic mass is 16.6. The highest BCUT2D eigenvalue weighted by Gasteiger charge is 2.15. The number of nitrogens with zero attached hydrogens (tertiary/aromatic N) is 3. The molecule has 0 aliphatic heterocycles. The largest absolute Gasteiger partial charge is 0.497 e. The quantitative estimate of drug-likeness (QED) is 0.590. The van der Waals surface area contributed by atoms with Gasteiger partial charge in [-0.25, -0.2) is 0 Å². The number of carbonyl (C=O) groups excluding carboxylic acids is 1. The molecule has 0 aliphatic rings. The summed E-state index contributed by atoms with van der Waals surface area (Å²) >= 11 is 0. The number of rotatable bonds is 7. The van der Waals surface area contributed by atoms with Crippen LogP contribution in [0.1, 0.15) is 34.7 Å². The van der Waals surface area contributed by atoms with Gasteiger partial charge in [0, 0.05) is 17.7 Å². The van der Waals surface area contributed by atoms with Gasteiger partial charge in [0.15, 0.2) is 6.61 Å². The minimum atomic E-state index is -0.456. The first-order valence-electron chi connectivity index (χ1n) is 9.18. The van der Waals surface area contributed by atoms with Crippen LogP contribution in [0.5, 0.6) is 5.75 Å². The molecule has 154 valence electrons. The van der Waals surface area contributed by atoms with Gasteiger partial charge in [-0.3, -0.25) is 9.59 Å². The molecular weight excluding hydrogens is 388 g/mol. The van der Waals surface area contributed by atoms with Crippen LogP contribution >= 0.6 is 0 Å². The van der Waals surface area contributed by atoms with Crippen molar-refractivity contribution in [2.45, 2.75) is 33.3 Å². The molecule has 0 fully saturated rings. The van der Waals surface area contributed by atoms with Gasteiger partial charge in [-0.2, -0.15) is 10.2 Å². The van der Waals surface area contributed by atoms with E-state index in [1.54, 1.807) is 45.2 Å². The Kier molecular flexibility index (Phi) is 6.27. The van der Waals surface area contributed by atoms with Crippen LogP contribution in [0.4, 0.5) is 0 Å². The number of ether oxygens (including phenoxy) is 2. The lowest BCUT2D eigenvalue weighted by Gasteiger charge is -2.10. The highest BCUT2D eigenvalue weighted by molar-refractivity contribution is 5.70. The zero-order valence-electron chi connectivity index (χ0n) is 16.8. The predicted molar refractivity (Wildman–Crippen MR) is 106 cm³/mol. The van der Waals surface area contributed by atoms with Gasteiger partial charge in [-0.15, -0.1) is 0 Å². The number of benzene rings is 1. The summed E-state index contributed by atoms with van der Waals surface area (Å²) in [6, 6.07) is 9.05. The van der Waals surface area contributed by atoms with Crippen LogP contribution in [0.15, 0.2) is 33.6 Å². The van der Waals surface area contributed by atoms with Crippen LogP contribution in [-0.4, -0.2) is 28.2 Å². The first-order chi connectivity index (χ1) is 14.4. The number of aromatic nitrogens is 3. The summed E-state index contributed by atoms with van der Waals surface area (Å²) < 4.78 is 15.4. The summed E-state index contributed by atoms with van der Waals surface area (Å²) in [7, 11) is 1.58. The Hall–Kier alpha value is -3.93. The van der Waals surface area contributed by atoms with Crippen molar-refractivity contribution in [2.24, 2.45) is 0 Å². The monoisotopic (exact) mass is 408 g/mol. The van der Waals surface area contributed by atoms with Gasteiger partial charge in [-0.1, -0.05) is 5.16 Å². The number of nitrogens with one attached hydrogen (secondary N) is 1. The standard InChI is InChI=1S/C21H20N4O5/c1-12-16(13(2)23-21(27)17(12)10-22)8-9-19(26)29-11-18-24-20(25-30-18)14-4-6-15(28-3)7-5-14/h4-7H,8-9,11H2,1-3H3,(H,23,27). The number of carbonyl (C=O) groups is 1. The van der Waals surface area contributed by atoms with E-state index in [-0.39, 0.29) is 24.5 Å². The zero-order chi connectivity index (χ0) is 21.7. The lowest BCUT2D eigenvalue weighted by Crippen LogP contribution is -2.17. The lowest BCUT2D eigenvalue weighted by molar-refractivity contribution is -0.145. The summed E-state index contributed by atoms with van der Waals surface area (Å²) in [6.07, 6.45) is 0.418. The van der Waals surface area contributed by atoms with Crippen LogP contribution in [0, 0.1) is 25.2 Å². The average Bonchev–Trinajstić information content (AvgIpc) is 3.21. The number of aromatic amines is 1. The van der Waals surface area contributed by atoms with E-state index in [1.807, 2.05) is 6.07 Å². The molecule has 3 aromatic rings. The van der Waals surface area contributed by atoms with E-state index in [4.69, 9.17) is 19.3 Å². The summed E-state index contributed by atoms with van der Waals surface area (Å²) in [6.45, 7) is 3.28. The molecule has 2 aromatic heterocycles. The third kappa shape index (κ3) is 4.55. The number of pyridine rings is 1. The van der Waals surface area contributed by atoms with Gasteiger partial charge in [0.2, 0.25) is 5.82 Å². The molecule has 0 radical (unpaired) electrons. The van der Waals surface area contributed by atoms with E-state index < -0.39 is 11.5 Å². The van der Waals surface area contributed by atoms with Crippen LogP contribution < -0.4 is 10.3 Å². The number of methoxy groups -OCH3 is 1. The Bertz CT molecular complexity index is 1160. The minimum Gasteiger partial charge on any atom is -0.497 e. The van der Waals surface area contributed by atoms with Crippen LogP contribution in [0.2, 0.25) is 0 Å². The summed E-state index contributed by atoms with van der Waals surface area (Å²) in [4.78, 5) is 30.7. The number of nitriles is 1. The second-order valence-corrected chi connectivity index (χ2v) is 6.57. The third-order valence-electron chi connectivity index (χ3n) is 4.67. The van der Waals surface area contributed by atoms with Crippen LogP contribution in [0.25, 0.3) is 11.4 Å². The number of hydrogen-bond acceptors (Lipinski definition) is 8. The van der Waals surface area contributed by atoms with Gasteiger partial charge >= 0.3 is 5.97 Å². The molecule has 30 heavy (non-hydrogen) atoms. The molecule has 1 N–H and O–H groups in total. The van der Waals surface area contributed by atoms with Crippen molar-refractivity contribution in [3.8, 4) is 23.2 Å². The van der Waals surface area contributed by atoms with E-state index in [2.05, 4.69) is 15.1 Å². The van der Waals surface area contributed by atoms with E-state index >= 15 is 0 Å². The normalized spacial score (nSPS) is 10.5. The molecule has 0 bridgehead atoms. The fraction of sp³-hybridized carbons (Fsp3) is 0.286. The van der Waals surface area contributed by atoms with Crippen molar-refractivity contribution in [1.29, 1.82) is 5.26 Å². The second kappa shape index (κ2) is 9.05. The van der Waals surface area contributed by atoms with Crippen LogP contribution in [-0.2, 0) is 22.6 Å². The lowest BCUT2D eigenvalue weighted by atomic mass is 9.99. The van der Waals surface area contributed by atoms with Crippen molar-refractivity contribution in [1.82, 2.24) is 15.1 Å². The molecule has 9 nitrogen and oxygen atoms in total. The first-order valence-corrected chi connectivity index (χ1v) is 9.18. The number of hydrogen-bond donors (Lipinski definition) is 1. The fourth-order valence-corrected chi connectivity index (χ4v) is 3.03. The van der Waals surface area contributed by atoms with Crippen LogP contribution in [0.3, 0.4) is 0 Å². The smallest absolute Gasteiger partial charge is 0.306 e. The number of esters is 1. The minimum absolute atomic E-state index is 0.0564. The molecular formula is C21H20N4O5. The van der Waals surface area contributed by atoms with Crippen molar-refractivity contribution in [3.05, 3.63) is 62.9 Å². The van der Waals surface area contributed by atoms with Gasteiger partial charge in [0.1, 0.15) is 17.4 Å². The second-order valence-electron chi connectivity index (χ2n) is 6.57. The van der Waals surface area contributed by atoms with Gasteiger partial charge < -0.3 is 19.0 Å². The maximum absolute atomic E-state index is 12.1. The molecule has 0 unspecified atom stereocenters. The summed E-state index contributed by atoms with van der Waals surface area (Å²) in [5.41, 5.74) is 2.33. The van der Waals surface area contributed by atoms with Gasteiger partial charge in [0.25, 0.3) is 11.4 Å². The Morgan fingerprint density at radius 2 is 2.00 bits per heavy atom. The maximum atomic E-state index is 12.1. The fourth-order valence-electron chi connectivity index (χ4n) is 3.03. The SMILES string of the molecule is COc1ccc(-c2noc(COC(=O)CCc3c(C)[nH]c(=O)c(C#N)c3C)n2)cc1.